The predicted octanol–water partition coefficient (Wildman–Crippen LogP) is 1.83. The Morgan fingerprint density at radius 3 is 2.74 bits per heavy atom. The average Bonchev–Trinajstić information content (AvgIpc) is 2.91. The fourth-order valence-electron chi connectivity index (χ4n) is 3.88. The molecule has 6 nitrogen and oxygen atoms in total. The molecular weight excluding hydrogens is 292 g/mol. The number of hydrogen-bond donors (Lipinski definition) is 2. The Morgan fingerprint density at radius 2 is 2.00 bits per heavy atom. The molecule has 1 atom stereocenters. The van der Waals surface area contributed by atoms with Crippen LogP contribution >= 0.6 is 0 Å². The van der Waals surface area contributed by atoms with Crippen molar-refractivity contribution in [2.45, 2.75) is 70.4 Å². The first kappa shape index (κ1) is 16.0. The van der Waals surface area contributed by atoms with Gasteiger partial charge >= 0.3 is 0 Å². The minimum atomic E-state index is -0.400. The number of primary amides is 1. The van der Waals surface area contributed by atoms with E-state index >= 15 is 0 Å². The summed E-state index contributed by atoms with van der Waals surface area (Å²) >= 11 is 0. The normalized spacial score (nSPS) is 21.7. The Bertz CT molecular complexity index is 575. The van der Waals surface area contributed by atoms with Gasteiger partial charge in [0, 0.05) is 12.6 Å². The van der Waals surface area contributed by atoms with Crippen molar-refractivity contribution in [1.29, 1.82) is 0 Å². The highest BCUT2D eigenvalue weighted by atomic mass is 16.2. The summed E-state index contributed by atoms with van der Waals surface area (Å²) in [5, 5.41) is 7.63. The molecule has 1 aromatic rings. The molecule has 1 fully saturated rings. The first-order valence-electron chi connectivity index (χ1n) is 8.75. The van der Waals surface area contributed by atoms with Gasteiger partial charge in [0.1, 0.15) is 6.54 Å². The molecule has 3 N–H and O–H groups in total. The van der Waals surface area contributed by atoms with E-state index in [0.29, 0.717) is 12.3 Å². The number of nitrogens with two attached hydrogens (primary N) is 1. The zero-order valence-electron chi connectivity index (χ0n) is 13.6. The lowest BCUT2D eigenvalue weighted by atomic mass is 9.86. The highest BCUT2D eigenvalue weighted by Crippen LogP contribution is 2.30. The van der Waals surface area contributed by atoms with E-state index in [1.807, 2.05) is 6.20 Å². The van der Waals surface area contributed by atoms with E-state index in [-0.39, 0.29) is 18.5 Å². The van der Waals surface area contributed by atoms with E-state index in [2.05, 4.69) is 10.4 Å². The summed E-state index contributed by atoms with van der Waals surface area (Å²) in [7, 11) is 0. The van der Waals surface area contributed by atoms with Gasteiger partial charge in [0.2, 0.25) is 11.8 Å². The molecule has 0 radical (unpaired) electrons. The Hall–Kier alpha value is -1.85. The molecular formula is C17H26N4O2. The number of amides is 2. The van der Waals surface area contributed by atoms with E-state index < -0.39 is 5.91 Å². The third-order valence-electron chi connectivity index (χ3n) is 4.99. The molecule has 0 aromatic carbocycles. The van der Waals surface area contributed by atoms with Crippen molar-refractivity contribution >= 4 is 11.8 Å². The van der Waals surface area contributed by atoms with Crippen LogP contribution in [0.5, 0.6) is 0 Å². The second-order valence-corrected chi connectivity index (χ2v) is 6.92. The third-order valence-corrected chi connectivity index (χ3v) is 4.99. The first-order valence-corrected chi connectivity index (χ1v) is 8.75. The summed E-state index contributed by atoms with van der Waals surface area (Å²) in [5.74, 6) is 0.279. The van der Waals surface area contributed by atoms with Crippen molar-refractivity contribution in [1.82, 2.24) is 15.1 Å². The van der Waals surface area contributed by atoms with E-state index in [9.17, 15) is 9.59 Å². The number of carbonyl (C=O) groups is 2. The maximum atomic E-state index is 12.4. The smallest absolute Gasteiger partial charge is 0.239 e. The van der Waals surface area contributed by atoms with E-state index in [4.69, 9.17) is 5.73 Å². The number of nitrogens with one attached hydrogen (secondary N) is 1. The maximum absolute atomic E-state index is 12.4. The van der Waals surface area contributed by atoms with Gasteiger partial charge in [-0.15, -0.1) is 0 Å². The van der Waals surface area contributed by atoms with Crippen molar-refractivity contribution in [3.05, 3.63) is 17.5 Å². The van der Waals surface area contributed by atoms with Crippen LogP contribution in [-0.4, -0.2) is 21.6 Å². The molecule has 2 aliphatic carbocycles. The van der Waals surface area contributed by atoms with E-state index in [1.54, 1.807) is 4.68 Å². The molecule has 23 heavy (non-hydrogen) atoms. The number of carbonyl (C=O) groups excluding carboxylic acids is 2. The molecule has 0 spiro atoms. The molecule has 0 aliphatic heterocycles. The molecule has 1 aromatic heterocycles. The lowest BCUT2D eigenvalue weighted by Crippen LogP contribution is -2.32. The van der Waals surface area contributed by atoms with Crippen molar-refractivity contribution in [3.8, 4) is 0 Å². The van der Waals surface area contributed by atoms with Crippen molar-refractivity contribution in [2.24, 2.45) is 11.7 Å². The predicted molar refractivity (Wildman–Crippen MR) is 86.4 cm³/mol. The van der Waals surface area contributed by atoms with Crippen molar-refractivity contribution in [3.63, 3.8) is 0 Å². The molecule has 126 valence electrons. The van der Waals surface area contributed by atoms with Crippen LogP contribution in [0.2, 0.25) is 0 Å². The van der Waals surface area contributed by atoms with Gasteiger partial charge in [0.05, 0.1) is 11.7 Å². The van der Waals surface area contributed by atoms with Crippen LogP contribution < -0.4 is 11.1 Å². The van der Waals surface area contributed by atoms with Crippen LogP contribution in [0.1, 0.15) is 68.7 Å². The van der Waals surface area contributed by atoms with Gasteiger partial charge in [0.25, 0.3) is 0 Å². The van der Waals surface area contributed by atoms with Gasteiger partial charge < -0.3 is 11.1 Å². The molecule has 1 saturated carbocycles. The minimum absolute atomic E-state index is 0.0241. The number of aryl methyl sites for hydroxylation is 1. The Balaban J connectivity index is 1.61. The molecule has 1 heterocycles. The zero-order valence-corrected chi connectivity index (χ0v) is 13.6. The largest absolute Gasteiger partial charge is 0.368 e. The molecule has 0 bridgehead atoms. The third kappa shape index (κ3) is 4.12. The van der Waals surface area contributed by atoms with Gasteiger partial charge in [-0.05, 0) is 43.6 Å². The standard InChI is InChI=1S/C17H26N4O2/c18-15(22)11-21-10-13-7-4-8-14(17(13)20-21)19-16(23)9-12-5-2-1-3-6-12/h10,12,14H,1-9,11H2,(H2,18,22)(H,19,23). The zero-order chi connectivity index (χ0) is 16.2. The Labute approximate surface area is 136 Å². The van der Waals surface area contributed by atoms with Crippen LogP contribution in [0.25, 0.3) is 0 Å². The second kappa shape index (κ2) is 7.15. The van der Waals surface area contributed by atoms with Crippen LogP contribution in [-0.2, 0) is 22.6 Å². The number of hydrogen-bond acceptors (Lipinski definition) is 3. The average molecular weight is 318 g/mol. The molecule has 0 saturated heterocycles. The Kier molecular flexibility index (Phi) is 4.98. The maximum Gasteiger partial charge on any atom is 0.239 e. The molecule has 2 amide bonds. The minimum Gasteiger partial charge on any atom is -0.368 e. The molecule has 1 unspecified atom stereocenters. The van der Waals surface area contributed by atoms with Crippen molar-refractivity contribution in [2.75, 3.05) is 0 Å². The summed E-state index contributed by atoms with van der Waals surface area (Å²) in [4.78, 5) is 23.4. The summed E-state index contributed by atoms with van der Waals surface area (Å²) in [6.45, 7) is 0.0930. The van der Waals surface area contributed by atoms with E-state index in [0.717, 1.165) is 30.5 Å². The highest BCUT2D eigenvalue weighted by molar-refractivity contribution is 5.76. The van der Waals surface area contributed by atoms with Gasteiger partial charge in [-0.1, -0.05) is 19.3 Å². The Morgan fingerprint density at radius 1 is 1.22 bits per heavy atom. The summed E-state index contributed by atoms with van der Waals surface area (Å²) < 4.78 is 1.60. The first-order chi connectivity index (χ1) is 11.1. The summed E-state index contributed by atoms with van der Waals surface area (Å²) in [6.07, 6.45) is 11.6. The summed E-state index contributed by atoms with van der Waals surface area (Å²) in [5.41, 5.74) is 7.27. The van der Waals surface area contributed by atoms with Crippen LogP contribution in [0.4, 0.5) is 0 Å². The monoisotopic (exact) mass is 318 g/mol. The van der Waals surface area contributed by atoms with E-state index in [1.165, 1.54) is 32.1 Å². The van der Waals surface area contributed by atoms with Crippen LogP contribution in [0.15, 0.2) is 6.20 Å². The van der Waals surface area contributed by atoms with Gasteiger partial charge in [-0.2, -0.15) is 5.10 Å². The number of rotatable bonds is 5. The molecule has 6 heteroatoms. The van der Waals surface area contributed by atoms with Gasteiger partial charge in [-0.3, -0.25) is 14.3 Å². The number of aromatic nitrogens is 2. The number of fused-ring (bicyclic) bond motifs is 1. The molecule has 3 rings (SSSR count). The summed E-state index contributed by atoms with van der Waals surface area (Å²) in [6, 6.07) is -0.0241. The fourth-order valence-corrected chi connectivity index (χ4v) is 3.88. The highest BCUT2D eigenvalue weighted by Gasteiger charge is 2.26. The SMILES string of the molecule is NC(=O)Cn1cc2c(n1)C(NC(=O)CC1CCCCC1)CCC2. The number of nitrogens with zero attached hydrogens (tertiary/aromatic N) is 2. The molecule has 2 aliphatic rings. The fraction of sp³-hybridized carbons (Fsp3) is 0.706. The van der Waals surface area contributed by atoms with Crippen molar-refractivity contribution < 1.29 is 9.59 Å². The lowest BCUT2D eigenvalue weighted by Gasteiger charge is -2.25. The second-order valence-electron chi connectivity index (χ2n) is 6.92. The van der Waals surface area contributed by atoms with Gasteiger partial charge in [-0.25, -0.2) is 0 Å². The van der Waals surface area contributed by atoms with Crippen LogP contribution in [0.3, 0.4) is 0 Å². The quantitative estimate of drug-likeness (QED) is 0.868. The topological polar surface area (TPSA) is 90.0 Å². The van der Waals surface area contributed by atoms with Gasteiger partial charge in [0.15, 0.2) is 0 Å². The van der Waals surface area contributed by atoms with Crippen LogP contribution in [0, 0.1) is 5.92 Å². The lowest BCUT2D eigenvalue weighted by molar-refractivity contribution is -0.123.